The number of aromatic nitrogens is 8. The number of rotatable bonds is 4. The molecule has 4 aromatic heterocycles. The standard InChI is InChI=1S/C12H10N4O2S.C12H8N4S.2C2H6.2CH4.2Y/c1-19-12-14-11-13-9(17)8(10(18)16(11)15-12)7-5-3-2-4-6-7;1-17-12-14-11-13-7-10(8-16(11)15-12)9-5-3-2-4-6-9;2*1-2;;;;/h2-6,18H,1H3,(H,13,14,15,17);2-6H,1H3;2*1-2H3;2*1H4;;/q;-2;;;;;;. The molecule has 0 saturated carbocycles. The fourth-order valence-electron chi connectivity index (χ4n) is 3.33. The van der Waals surface area contributed by atoms with Crippen LogP contribution < -0.4 is 5.56 Å². The van der Waals surface area contributed by atoms with Crippen LogP contribution in [0.1, 0.15) is 42.5 Å². The van der Waals surface area contributed by atoms with Crippen molar-refractivity contribution >= 4 is 35.1 Å². The van der Waals surface area contributed by atoms with E-state index in [0.717, 1.165) is 11.1 Å². The Morgan fingerprint density at radius 2 is 1.32 bits per heavy atom. The second-order valence-electron chi connectivity index (χ2n) is 7.24. The fourth-order valence-corrected chi connectivity index (χ4v) is 4.01. The Morgan fingerprint density at radius 3 is 1.86 bits per heavy atom. The molecule has 0 amide bonds. The van der Waals surface area contributed by atoms with Crippen molar-refractivity contribution in [3.63, 3.8) is 0 Å². The zero-order chi connectivity index (χ0) is 29.1. The predicted octanol–water partition coefficient (Wildman–Crippen LogP) is 6.95. The van der Waals surface area contributed by atoms with Crippen LogP contribution in [0.4, 0.5) is 0 Å². The van der Waals surface area contributed by atoms with Crippen LogP contribution in [-0.2, 0) is 65.4 Å². The normalized spacial score (nSPS) is 9.23. The number of hydrogen-bond donors (Lipinski definition) is 2. The van der Waals surface area contributed by atoms with Gasteiger partial charge in [-0.25, -0.2) is 5.56 Å². The topological polar surface area (TPSA) is 126 Å². The van der Waals surface area contributed by atoms with E-state index in [0.29, 0.717) is 21.7 Å². The molecule has 2 aromatic carbocycles. The molecule has 0 unspecified atom stereocenters. The Labute approximate surface area is 318 Å². The number of fused-ring (bicyclic) bond motifs is 2. The number of benzene rings is 2. The second-order valence-corrected chi connectivity index (χ2v) is 8.79. The molecule has 0 spiro atoms. The van der Waals surface area contributed by atoms with E-state index < -0.39 is 5.56 Å². The van der Waals surface area contributed by atoms with Gasteiger partial charge in [-0.05, 0) is 18.1 Å². The predicted molar refractivity (Wildman–Crippen MR) is 174 cm³/mol. The van der Waals surface area contributed by atoms with Crippen molar-refractivity contribution in [3.05, 3.63) is 83.4 Å². The van der Waals surface area contributed by atoms with Crippen molar-refractivity contribution in [1.29, 1.82) is 0 Å². The summed E-state index contributed by atoms with van der Waals surface area (Å²) in [6, 6.07) is 18.8. The van der Waals surface area contributed by atoms with Gasteiger partial charge in [0.1, 0.15) is 5.56 Å². The van der Waals surface area contributed by atoms with Gasteiger partial charge in [0.2, 0.25) is 16.8 Å². The average Bonchev–Trinajstić information content (AvgIpc) is 3.64. The van der Waals surface area contributed by atoms with E-state index >= 15 is 0 Å². The number of aromatic amines is 1. The van der Waals surface area contributed by atoms with Gasteiger partial charge in [0.15, 0.2) is 5.16 Å². The molecule has 0 aliphatic carbocycles. The first-order chi connectivity index (χ1) is 19.6. The van der Waals surface area contributed by atoms with Gasteiger partial charge < -0.3 is 14.6 Å². The van der Waals surface area contributed by atoms with Crippen LogP contribution in [0.25, 0.3) is 33.8 Å². The third kappa shape index (κ3) is 10.8. The molecule has 2 radical (unpaired) electrons. The first kappa shape index (κ1) is 44.2. The second kappa shape index (κ2) is 22.5. The quantitative estimate of drug-likeness (QED) is 0.144. The van der Waals surface area contributed by atoms with Gasteiger partial charge in [0.25, 0.3) is 5.56 Å². The summed E-state index contributed by atoms with van der Waals surface area (Å²) in [5, 5.41) is 19.7. The Balaban J connectivity index is 0. The summed E-state index contributed by atoms with van der Waals surface area (Å²) >= 11 is 2.81. The maximum absolute atomic E-state index is 12.0. The van der Waals surface area contributed by atoms with E-state index in [2.05, 4.69) is 42.5 Å². The van der Waals surface area contributed by atoms with Crippen molar-refractivity contribution in [2.45, 2.75) is 52.9 Å². The maximum Gasteiger partial charge on any atom is 0.264 e. The van der Waals surface area contributed by atoms with Gasteiger partial charge in [-0.1, -0.05) is 115 Å². The third-order valence-corrected chi connectivity index (χ3v) is 6.09. The number of thioether (sulfide) groups is 2. The molecular weight excluding hydrogens is 746 g/mol. The maximum atomic E-state index is 12.0. The largest absolute Gasteiger partial charge is 0.493 e. The summed E-state index contributed by atoms with van der Waals surface area (Å²) in [4.78, 5) is 27.1. The van der Waals surface area contributed by atoms with E-state index in [-0.39, 0.29) is 97.5 Å². The van der Waals surface area contributed by atoms with E-state index in [1.807, 2.05) is 76.6 Å². The van der Waals surface area contributed by atoms with Gasteiger partial charge in [0.05, 0.1) is 5.78 Å². The average molecular weight is 785 g/mol. The molecule has 0 atom stereocenters. The van der Waals surface area contributed by atoms with Crippen LogP contribution in [0.5, 0.6) is 5.88 Å². The van der Waals surface area contributed by atoms with Crippen LogP contribution in [0, 0.1) is 12.4 Å². The molecule has 6 aromatic rings. The Hall–Kier alpha value is -1.95. The minimum absolute atomic E-state index is 0. The van der Waals surface area contributed by atoms with Gasteiger partial charge in [-0.2, -0.15) is 32.6 Å². The first-order valence-corrected chi connectivity index (χ1v) is 15.0. The minimum atomic E-state index is -0.392. The monoisotopic (exact) mass is 784 g/mol. The van der Waals surface area contributed by atoms with Crippen LogP contribution >= 0.6 is 23.5 Å². The molecule has 44 heavy (non-hydrogen) atoms. The molecule has 2 N–H and O–H groups in total. The summed E-state index contributed by atoms with van der Waals surface area (Å²) in [5.41, 5.74) is 2.23. The molecule has 0 saturated heterocycles. The molecule has 10 nitrogen and oxygen atoms in total. The Morgan fingerprint density at radius 1 is 0.795 bits per heavy atom. The summed E-state index contributed by atoms with van der Waals surface area (Å²) in [7, 11) is 0. The summed E-state index contributed by atoms with van der Waals surface area (Å²) in [5.74, 6) is 0.540. The van der Waals surface area contributed by atoms with Gasteiger partial charge in [-0.3, -0.25) is 14.8 Å². The van der Waals surface area contributed by atoms with Crippen molar-refractivity contribution in [2.24, 2.45) is 0 Å². The third-order valence-electron chi connectivity index (χ3n) is 5.01. The number of nitrogens with zero attached hydrogens (tertiary/aromatic N) is 7. The SMILES string of the molecule is C.C.CC.CC.CSc1nc2[nH]c(=O)c(-c3ccccc3)c(O)n2n1.CSc1nc2n[c-]c(-c3ccccc3)[c-]n2n1.[Y].[Y]. The van der Waals surface area contributed by atoms with E-state index in [9.17, 15) is 9.90 Å². The van der Waals surface area contributed by atoms with Crippen LogP contribution in [-0.4, -0.2) is 56.8 Å². The Kier molecular flexibility index (Phi) is 22.6. The molecule has 0 bridgehead atoms. The van der Waals surface area contributed by atoms with E-state index in [1.54, 1.807) is 28.8 Å². The van der Waals surface area contributed by atoms with Gasteiger partial charge in [0, 0.05) is 65.4 Å². The van der Waals surface area contributed by atoms with Crippen LogP contribution in [0.15, 0.2) is 75.8 Å². The smallest absolute Gasteiger partial charge is 0.264 e. The number of nitrogens with one attached hydrogen (secondary N) is 1. The first-order valence-electron chi connectivity index (χ1n) is 12.6. The van der Waals surface area contributed by atoms with Crippen molar-refractivity contribution in [3.8, 4) is 28.1 Å². The number of aromatic hydroxyl groups is 1. The summed E-state index contributed by atoms with van der Waals surface area (Å²) < 4.78 is 2.79. The molecule has 230 valence electrons. The summed E-state index contributed by atoms with van der Waals surface area (Å²) in [6.45, 7) is 8.00. The van der Waals surface area contributed by atoms with E-state index in [1.165, 1.54) is 28.0 Å². The molecule has 4 heterocycles. The molecule has 6 rings (SSSR count). The van der Waals surface area contributed by atoms with Crippen molar-refractivity contribution in [1.82, 2.24) is 39.2 Å². The van der Waals surface area contributed by atoms with Crippen molar-refractivity contribution in [2.75, 3.05) is 12.5 Å². The molecule has 14 heteroatoms. The number of hydrogen-bond acceptors (Lipinski definition) is 9. The zero-order valence-electron chi connectivity index (χ0n) is 24.2. The molecular formula is C30H38N8O2S2Y2-2. The van der Waals surface area contributed by atoms with Crippen LogP contribution in [0.3, 0.4) is 0 Å². The molecule has 0 aliphatic rings. The fraction of sp³-hybridized carbons (Fsp3) is 0.267. The molecule has 0 aliphatic heterocycles. The van der Waals surface area contributed by atoms with Gasteiger partial charge >= 0.3 is 0 Å². The molecule has 0 fully saturated rings. The Bertz CT molecular complexity index is 1710. The van der Waals surface area contributed by atoms with Crippen LogP contribution in [0.2, 0.25) is 0 Å². The van der Waals surface area contributed by atoms with E-state index in [4.69, 9.17) is 0 Å². The van der Waals surface area contributed by atoms with Crippen molar-refractivity contribution < 1.29 is 70.5 Å². The summed E-state index contributed by atoms with van der Waals surface area (Å²) in [6.07, 6.45) is 9.79. The number of H-pyrrole nitrogens is 1. The van der Waals surface area contributed by atoms with Gasteiger partial charge in [-0.15, -0.1) is 17.2 Å². The zero-order valence-corrected chi connectivity index (χ0v) is 31.5. The minimum Gasteiger partial charge on any atom is -0.493 e.